The minimum absolute atomic E-state index is 0.115. The van der Waals surface area contributed by atoms with Crippen LogP contribution in [0.5, 0.6) is 0 Å². The van der Waals surface area contributed by atoms with Crippen molar-refractivity contribution in [3.8, 4) is 0 Å². The largest absolute Gasteiger partial charge is 0.352 e. The van der Waals surface area contributed by atoms with E-state index in [4.69, 9.17) is 11.6 Å². The number of rotatable bonds is 4. The Labute approximate surface area is 113 Å². The van der Waals surface area contributed by atoms with E-state index >= 15 is 0 Å². The fourth-order valence-corrected chi connectivity index (χ4v) is 2.32. The number of hydrogen-bond acceptors (Lipinski definition) is 2. The highest BCUT2D eigenvalue weighted by Gasteiger charge is 2.15. The molecule has 1 fully saturated rings. The van der Waals surface area contributed by atoms with E-state index in [1.54, 1.807) is 0 Å². The van der Waals surface area contributed by atoms with E-state index in [2.05, 4.69) is 10.6 Å². The molecule has 98 valence electrons. The van der Waals surface area contributed by atoms with Gasteiger partial charge in [0, 0.05) is 24.0 Å². The van der Waals surface area contributed by atoms with E-state index in [1.807, 2.05) is 24.3 Å². The molecule has 0 aliphatic carbocycles. The predicted octanol–water partition coefficient (Wildman–Crippen LogP) is 2.49. The van der Waals surface area contributed by atoms with Crippen molar-refractivity contribution in [3.05, 3.63) is 34.9 Å². The summed E-state index contributed by atoms with van der Waals surface area (Å²) in [5.74, 6) is 0.115. The second-order valence-corrected chi connectivity index (χ2v) is 5.19. The zero-order chi connectivity index (χ0) is 12.8. The molecule has 1 aliphatic rings. The molecule has 2 N–H and O–H groups in total. The lowest BCUT2D eigenvalue weighted by Gasteiger charge is -2.22. The summed E-state index contributed by atoms with van der Waals surface area (Å²) in [7, 11) is 0. The first-order valence-electron chi connectivity index (χ1n) is 6.48. The fraction of sp³-hybridized carbons (Fsp3) is 0.500. The van der Waals surface area contributed by atoms with Crippen molar-refractivity contribution in [2.75, 3.05) is 6.54 Å². The second-order valence-electron chi connectivity index (χ2n) is 4.75. The summed E-state index contributed by atoms with van der Waals surface area (Å²) < 4.78 is 0. The van der Waals surface area contributed by atoms with Crippen LogP contribution in [0.2, 0.25) is 5.02 Å². The highest BCUT2D eigenvalue weighted by atomic mass is 35.5. The Morgan fingerprint density at radius 3 is 2.78 bits per heavy atom. The molecule has 1 unspecified atom stereocenters. The first-order chi connectivity index (χ1) is 8.74. The molecule has 4 heteroatoms. The van der Waals surface area contributed by atoms with Crippen LogP contribution in [-0.2, 0) is 11.3 Å². The third-order valence-corrected chi connectivity index (χ3v) is 3.50. The van der Waals surface area contributed by atoms with Gasteiger partial charge < -0.3 is 10.6 Å². The summed E-state index contributed by atoms with van der Waals surface area (Å²) in [5.41, 5.74) is 1.07. The minimum atomic E-state index is 0.115. The predicted molar refractivity (Wildman–Crippen MR) is 73.6 cm³/mol. The molecule has 0 radical (unpaired) electrons. The molecule has 1 saturated heterocycles. The number of piperidine rings is 1. The highest BCUT2D eigenvalue weighted by molar-refractivity contribution is 6.30. The van der Waals surface area contributed by atoms with Gasteiger partial charge in [0.15, 0.2) is 0 Å². The molecular formula is C14H19ClN2O. The van der Waals surface area contributed by atoms with Crippen molar-refractivity contribution in [1.29, 1.82) is 0 Å². The van der Waals surface area contributed by atoms with E-state index in [9.17, 15) is 4.79 Å². The van der Waals surface area contributed by atoms with E-state index in [1.165, 1.54) is 12.8 Å². The molecule has 1 atom stereocenters. The third-order valence-electron chi connectivity index (χ3n) is 3.25. The molecule has 0 bridgehead atoms. The molecule has 1 heterocycles. The van der Waals surface area contributed by atoms with Gasteiger partial charge in [-0.3, -0.25) is 4.79 Å². The van der Waals surface area contributed by atoms with Crippen molar-refractivity contribution in [2.45, 2.75) is 38.3 Å². The number of carbonyl (C=O) groups is 1. The van der Waals surface area contributed by atoms with Crippen LogP contribution in [0.25, 0.3) is 0 Å². The van der Waals surface area contributed by atoms with Gasteiger partial charge in [-0.2, -0.15) is 0 Å². The minimum Gasteiger partial charge on any atom is -0.352 e. The highest BCUT2D eigenvalue weighted by Crippen LogP contribution is 2.11. The average Bonchev–Trinajstić information content (AvgIpc) is 2.39. The van der Waals surface area contributed by atoms with Crippen molar-refractivity contribution >= 4 is 17.5 Å². The van der Waals surface area contributed by atoms with Crippen molar-refractivity contribution in [2.24, 2.45) is 0 Å². The zero-order valence-electron chi connectivity index (χ0n) is 10.4. The topological polar surface area (TPSA) is 41.1 Å². The first kappa shape index (κ1) is 13.4. The molecular weight excluding hydrogens is 248 g/mol. The molecule has 0 spiro atoms. The van der Waals surface area contributed by atoms with Crippen LogP contribution < -0.4 is 10.6 Å². The number of amides is 1. The maximum Gasteiger partial charge on any atom is 0.221 e. The molecule has 2 rings (SSSR count). The van der Waals surface area contributed by atoms with Crippen LogP contribution in [0.15, 0.2) is 24.3 Å². The molecule has 18 heavy (non-hydrogen) atoms. The van der Waals surface area contributed by atoms with Gasteiger partial charge in [0.1, 0.15) is 0 Å². The van der Waals surface area contributed by atoms with E-state index in [0.29, 0.717) is 19.0 Å². The molecule has 1 aromatic carbocycles. The van der Waals surface area contributed by atoms with E-state index < -0.39 is 0 Å². The van der Waals surface area contributed by atoms with E-state index in [0.717, 1.165) is 23.6 Å². The Morgan fingerprint density at radius 1 is 1.33 bits per heavy atom. The van der Waals surface area contributed by atoms with Crippen molar-refractivity contribution in [3.63, 3.8) is 0 Å². The first-order valence-corrected chi connectivity index (χ1v) is 6.86. The van der Waals surface area contributed by atoms with Crippen molar-refractivity contribution < 1.29 is 4.79 Å². The maximum absolute atomic E-state index is 11.8. The lowest BCUT2D eigenvalue weighted by atomic mass is 10.0. The molecule has 0 aromatic heterocycles. The summed E-state index contributed by atoms with van der Waals surface area (Å²) in [6.07, 6.45) is 4.13. The van der Waals surface area contributed by atoms with Gasteiger partial charge in [0.2, 0.25) is 5.91 Å². The number of hydrogen-bond donors (Lipinski definition) is 2. The number of benzene rings is 1. The van der Waals surface area contributed by atoms with E-state index in [-0.39, 0.29) is 5.91 Å². The summed E-state index contributed by atoms with van der Waals surface area (Å²) in [4.78, 5) is 11.8. The average molecular weight is 267 g/mol. The van der Waals surface area contributed by atoms with Crippen LogP contribution in [0, 0.1) is 0 Å². The van der Waals surface area contributed by atoms with Crippen LogP contribution in [-0.4, -0.2) is 18.5 Å². The lowest BCUT2D eigenvalue weighted by Crippen LogP contribution is -2.38. The van der Waals surface area contributed by atoms with Gasteiger partial charge in [-0.15, -0.1) is 0 Å². The number of halogens is 1. The van der Waals surface area contributed by atoms with Crippen LogP contribution in [0.1, 0.15) is 31.2 Å². The Hall–Kier alpha value is -1.06. The number of carbonyl (C=O) groups excluding carboxylic acids is 1. The Kier molecular flexibility index (Phi) is 5.02. The third kappa shape index (κ3) is 4.31. The normalized spacial score (nSPS) is 19.5. The Balaban J connectivity index is 1.72. The lowest BCUT2D eigenvalue weighted by molar-refractivity contribution is -0.121. The van der Waals surface area contributed by atoms with Crippen LogP contribution in [0.3, 0.4) is 0 Å². The standard InChI is InChI=1S/C14H19ClN2O/c15-12-6-4-11(5-7-12)10-17-14(18)9-13-3-1-2-8-16-13/h4-7,13,16H,1-3,8-10H2,(H,17,18). The number of nitrogens with one attached hydrogen (secondary N) is 2. The van der Waals surface area contributed by atoms with Crippen LogP contribution in [0.4, 0.5) is 0 Å². The van der Waals surface area contributed by atoms with Crippen molar-refractivity contribution in [1.82, 2.24) is 10.6 Å². The molecule has 1 aromatic rings. The fourth-order valence-electron chi connectivity index (χ4n) is 2.20. The summed E-state index contributed by atoms with van der Waals surface area (Å²) in [6.45, 7) is 1.61. The molecule has 3 nitrogen and oxygen atoms in total. The van der Waals surface area contributed by atoms with Gasteiger partial charge in [0.05, 0.1) is 0 Å². The molecule has 1 aliphatic heterocycles. The van der Waals surface area contributed by atoms with Gasteiger partial charge in [-0.1, -0.05) is 30.2 Å². The summed E-state index contributed by atoms with van der Waals surface area (Å²) in [6, 6.07) is 7.89. The Bertz CT molecular complexity index is 385. The second kappa shape index (κ2) is 6.76. The smallest absolute Gasteiger partial charge is 0.221 e. The maximum atomic E-state index is 11.8. The van der Waals surface area contributed by atoms with Gasteiger partial charge in [-0.25, -0.2) is 0 Å². The summed E-state index contributed by atoms with van der Waals surface area (Å²) >= 11 is 5.81. The molecule has 0 saturated carbocycles. The van der Waals surface area contributed by atoms with Gasteiger partial charge in [0.25, 0.3) is 0 Å². The Morgan fingerprint density at radius 2 is 2.11 bits per heavy atom. The van der Waals surface area contributed by atoms with Crippen LogP contribution >= 0.6 is 11.6 Å². The zero-order valence-corrected chi connectivity index (χ0v) is 11.2. The molecule has 1 amide bonds. The van der Waals surface area contributed by atoms with Gasteiger partial charge in [-0.05, 0) is 37.1 Å². The quantitative estimate of drug-likeness (QED) is 0.879. The van der Waals surface area contributed by atoms with Gasteiger partial charge >= 0.3 is 0 Å². The summed E-state index contributed by atoms with van der Waals surface area (Å²) in [5, 5.41) is 7.04. The monoisotopic (exact) mass is 266 g/mol. The SMILES string of the molecule is O=C(CC1CCCCN1)NCc1ccc(Cl)cc1.